The number of carboxylic acids is 1. The molecule has 21 heavy (non-hydrogen) atoms. The summed E-state index contributed by atoms with van der Waals surface area (Å²) in [4.78, 5) is 23.2. The highest BCUT2D eigenvalue weighted by Crippen LogP contribution is 2.20. The van der Waals surface area contributed by atoms with Gasteiger partial charge in [-0.05, 0) is 30.4 Å². The second kappa shape index (κ2) is 7.81. The lowest BCUT2D eigenvalue weighted by atomic mass is 9.88. The zero-order chi connectivity index (χ0) is 15.9. The van der Waals surface area contributed by atoms with Gasteiger partial charge in [0.1, 0.15) is 0 Å². The highest BCUT2D eigenvalue weighted by atomic mass is 16.4. The molecule has 0 aromatic heterocycles. The lowest BCUT2D eigenvalue weighted by Gasteiger charge is -2.31. The fourth-order valence-corrected chi connectivity index (χ4v) is 2.50. The largest absolute Gasteiger partial charge is 0.481 e. The van der Waals surface area contributed by atoms with E-state index in [9.17, 15) is 9.59 Å². The average molecular weight is 291 g/mol. The Hall–Kier alpha value is -1.84. The Morgan fingerprint density at radius 3 is 2.29 bits per heavy atom. The van der Waals surface area contributed by atoms with Crippen LogP contribution in [0.3, 0.4) is 0 Å². The number of hydrogen-bond acceptors (Lipinski definition) is 2. The Labute approximate surface area is 126 Å². The zero-order valence-electron chi connectivity index (χ0n) is 13.1. The molecule has 0 aliphatic heterocycles. The summed E-state index contributed by atoms with van der Waals surface area (Å²) >= 11 is 0. The molecule has 0 unspecified atom stereocenters. The number of rotatable bonds is 8. The topological polar surface area (TPSA) is 66.4 Å². The molecule has 4 nitrogen and oxygen atoms in total. The number of aryl methyl sites for hydroxylation is 1. The van der Waals surface area contributed by atoms with Crippen LogP contribution in [0, 0.1) is 0 Å². The third-order valence-electron chi connectivity index (χ3n) is 4.01. The second-order valence-electron chi connectivity index (χ2n) is 5.46. The van der Waals surface area contributed by atoms with E-state index in [4.69, 9.17) is 5.11 Å². The minimum atomic E-state index is -0.882. The van der Waals surface area contributed by atoms with Crippen LogP contribution >= 0.6 is 0 Å². The van der Waals surface area contributed by atoms with Gasteiger partial charge in [0.15, 0.2) is 0 Å². The number of carbonyl (C=O) groups is 2. The number of benzene rings is 1. The first kappa shape index (κ1) is 17.2. The van der Waals surface area contributed by atoms with Gasteiger partial charge in [0.25, 0.3) is 0 Å². The summed E-state index contributed by atoms with van der Waals surface area (Å²) in [5.41, 5.74) is 1.51. The van der Waals surface area contributed by atoms with Crippen molar-refractivity contribution in [3.05, 3.63) is 35.4 Å². The molecule has 1 rings (SSSR count). The molecular formula is C17H25NO3. The van der Waals surface area contributed by atoms with Crippen molar-refractivity contribution >= 4 is 11.9 Å². The SMILES string of the molecule is CCc1cccc(CC(=O)NC(CC)(CC)CC(=O)O)c1. The Morgan fingerprint density at radius 2 is 1.76 bits per heavy atom. The van der Waals surface area contributed by atoms with Crippen molar-refractivity contribution in [3.8, 4) is 0 Å². The van der Waals surface area contributed by atoms with Gasteiger partial charge in [-0.25, -0.2) is 0 Å². The highest BCUT2D eigenvalue weighted by Gasteiger charge is 2.30. The van der Waals surface area contributed by atoms with Gasteiger partial charge in [0.05, 0.1) is 12.8 Å². The van der Waals surface area contributed by atoms with E-state index in [-0.39, 0.29) is 18.7 Å². The molecule has 0 fully saturated rings. The third-order valence-corrected chi connectivity index (χ3v) is 4.01. The van der Waals surface area contributed by atoms with Crippen molar-refractivity contribution in [3.63, 3.8) is 0 Å². The first-order valence-electron chi connectivity index (χ1n) is 7.55. The van der Waals surface area contributed by atoms with Gasteiger partial charge >= 0.3 is 5.97 Å². The van der Waals surface area contributed by atoms with Crippen molar-refractivity contribution in [2.75, 3.05) is 0 Å². The number of aliphatic carboxylic acids is 1. The van der Waals surface area contributed by atoms with Gasteiger partial charge in [-0.2, -0.15) is 0 Å². The molecular weight excluding hydrogens is 266 g/mol. The summed E-state index contributed by atoms with van der Waals surface area (Å²) < 4.78 is 0. The van der Waals surface area contributed by atoms with Gasteiger partial charge in [-0.3, -0.25) is 9.59 Å². The van der Waals surface area contributed by atoms with E-state index < -0.39 is 11.5 Å². The molecule has 0 aliphatic rings. The molecule has 0 radical (unpaired) electrons. The lowest BCUT2D eigenvalue weighted by Crippen LogP contribution is -2.49. The van der Waals surface area contributed by atoms with Crippen LogP contribution in [0.15, 0.2) is 24.3 Å². The maximum atomic E-state index is 12.2. The maximum Gasteiger partial charge on any atom is 0.305 e. The molecule has 116 valence electrons. The molecule has 1 amide bonds. The predicted octanol–water partition coefficient (Wildman–Crippen LogP) is 2.94. The monoisotopic (exact) mass is 291 g/mol. The Morgan fingerprint density at radius 1 is 1.14 bits per heavy atom. The molecule has 4 heteroatoms. The smallest absolute Gasteiger partial charge is 0.305 e. The van der Waals surface area contributed by atoms with Crippen molar-refractivity contribution in [1.82, 2.24) is 5.32 Å². The molecule has 1 aromatic carbocycles. The average Bonchev–Trinajstić information content (AvgIpc) is 2.46. The number of carboxylic acid groups (broad SMARTS) is 1. The Balaban J connectivity index is 2.75. The summed E-state index contributed by atoms with van der Waals surface area (Å²) in [5, 5.41) is 12.0. The van der Waals surface area contributed by atoms with Gasteiger partial charge < -0.3 is 10.4 Å². The zero-order valence-corrected chi connectivity index (χ0v) is 13.1. The fraction of sp³-hybridized carbons (Fsp3) is 0.529. The normalized spacial score (nSPS) is 11.2. The molecule has 0 saturated heterocycles. The minimum Gasteiger partial charge on any atom is -0.481 e. The van der Waals surface area contributed by atoms with Crippen molar-refractivity contribution in [1.29, 1.82) is 0 Å². The van der Waals surface area contributed by atoms with Crippen LogP contribution in [-0.2, 0) is 22.4 Å². The van der Waals surface area contributed by atoms with Crippen LogP contribution < -0.4 is 5.32 Å². The second-order valence-corrected chi connectivity index (χ2v) is 5.46. The number of amides is 1. The quantitative estimate of drug-likeness (QED) is 0.774. The molecule has 2 N–H and O–H groups in total. The van der Waals surface area contributed by atoms with E-state index in [0.29, 0.717) is 12.8 Å². The maximum absolute atomic E-state index is 12.2. The molecule has 1 aromatic rings. The molecule has 0 heterocycles. The van der Waals surface area contributed by atoms with E-state index in [2.05, 4.69) is 12.2 Å². The molecule has 0 bridgehead atoms. The van der Waals surface area contributed by atoms with Crippen LogP contribution in [0.25, 0.3) is 0 Å². The van der Waals surface area contributed by atoms with Crippen molar-refractivity contribution in [2.45, 2.75) is 58.4 Å². The predicted molar refractivity (Wildman–Crippen MR) is 83.2 cm³/mol. The summed E-state index contributed by atoms with van der Waals surface area (Å²) in [5.74, 6) is -1.000. The summed E-state index contributed by atoms with van der Waals surface area (Å²) in [6.07, 6.45) is 2.39. The van der Waals surface area contributed by atoms with Gasteiger partial charge in [0, 0.05) is 5.54 Å². The van der Waals surface area contributed by atoms with E-state index in [1.165, 1.54) is 5.56 Å². The van der Waals surface area contributed by atoms with Crippen LogP contribution in [-0.4, -0.2) is 22.5 Å². The summed E-state index contributed by atoms with van der Waals surface area (Å²) in [6, 6.07) is 7.94. The Kier molecular flexibility index (Phi) is 6.40. The van der Waals surface area contributed by atoms with Gasteiger partial charge in [-0.15, -0.1) is 0 Å². The first-order chi connectivity index (χ1) is 9.94. The van der Waals surface area contributed by atoms with Crippen LogP contribution in [0.4, 0.5) is 0 Å². The molecule has 0 atom stereocenters. The van der Waals surface area contributed by atoms with E-state index in [1.807, 2.05) is 38.1 Å². The number of hydrogen-bond donors (Lipinski definition) is 2. The summed E-state index contributed by atoms with van der Waals surface area (Å²) in [6.45, 7) is 5.89. The van der Waals surface area contributed by atoms with Gasteiger partial charge in [0.2, 0.25) is 5.91 Å². The highest BCUT2D eigenvalue weighted by molar-refractivity contribution is 5.80. The minimum absolute atomic E-state index is 0.0409. The first-order valence-corrected chi connectivity index (χ1v) is 7.55. The standard InChI is InChI=1S/C17H25NO3/c1-4-13-8-7-9-14(10-13)11-15(19)18-17(5-2,6-3)12-16(20)21/h7-10H,4-6,11-12H2,1-3H3,(H,18,19)(H,20,21). The van der Waals surface area contributed by atoms with Gasteiger partial charge in [-0.1, -0.05) is 45.0 Å². The molecule has 0 saturated carbocycles. The van der Waals surface area contributed by atoms with Crippen LogP contribution in [0.2, 0.25) is 0 Å². The molecule has 0 spiro atoms. The van der Waals surface area contributed by atoms with Crippen molar-refractivity contribution < 1.29 is 14.7 Å². The molecule has 0 aliphatic carbocycles. The third kappa shape index (κ3) is 5.21. The number of nitrogens with one attached hydrogen (secondary N) is 1. The lowest BCUT2D eigenvalue weighted by molar-refractivity contribution is -0.139. The van der Waals surface area contributed by atoms with E-state index in [1.54, 1.807) is 0 Å². The summed E-state index contributed by atoms with van der Waals surface area (Å²) in [7, 11) is 0. The van der Waals surface area contributed by atoms with E-state index in [0.717, 1.165) is 12.0 Å². The van der Waals surface area contributed by atoms with Crippen molar-refractivity contribution in [2.24, 2.45) is 0 Å². The number of carbonyl (C=O) groups excluding carboxylic acids is 1. The van der Waals surface area contributed by atoms with Crippen LogP contribution in [0.5, 0.6) is 0 Å². The fourth-order valence-electron chi connectivity index (χ4n) is 2.50. The van der Waals surface area contributed by atoms with E-state index >= 15 is 0 Å². The Bertz CT molecular complexity index is 493. The van der Waals surface area contributed by atoms with Crippen LogP contribution in [0.1, 0.15) is 51.2 Å².